The van der Waals surface area contributed by atoms with Crippen molar-refractivity contribution in [3.05, 3.63) is 83.4 Å². The minimum Gasteiger partial charge on any atom is -0.493 e. The molecule has 5 nitrogen and oxygen atoms in total. The lowest BCUT2D eigenvalue weighted by atomic mass is 10.1. The molecule has 0 fully saturated rings. The fourth-order valence-corrected chi connectivity index (χ4v) is 3.25. The Kier molecular flexibility index (Phi) is 7.00. The normalized spacial score (nSPS) is 11.7. The Morgan fingerprint density at radius 1 is 1.03 bits per heavy atom. The van der Waals surface area contributed by atoms with Crippen LogP contribution in [-0.2, 0) is 0 Å². The highest BCUT2D eigenvalue weighted by Crippen LogP contribution is 2.25. The zero-order chi connectivity index (χ0) is 20.6. The summed E-state index contributed by atoms with van der Waals surface area (Å²) >= 11 is 0. The van der Waals surface area contributed by atoms with E-state index in [9.17, 15) is 4.79 Å². The third-order valence-electron chi connectivity index (χ3n) is 4.59. The zero-order valence-electron chi connectivity index (χ0n) is 16.8. The molecule has 150 valence electrons. The predicted molar refractivity (Wildman–Crippen MR) is 116 cm³/mol. The summed E-state index contributed by atoms with van der Waals surface area (Å²) in [5.74, 6) is 0.379. The average Bonchev–Trinajstić information content (AvgIpc) is 2.73. The van der Waals surface area contributed by atoms with Gasteiger partial charge in [0.2, 0.25) is 0 Å². The van der Waals surface area contributed by atoms with Crippen molar-refractivity contribution >= 4 is 22.8 Å². The van der Waals surface area contributed by atoms with Gasteiger partial charge in [-0.25, -0.2) is 5.48 Å². The molecule has 1 amide bonds. The monoisotopic (exact) mass is 390 g/mol. The second kappa shape index (κ2) is 9.87. The molecule has 3 aromatic rings. The molecule has 0 bridgehead atoms. The number of likely N-dealkylation sites (N-methyl/N-ethyl adjacent to an activating group) is 1. The fourth-order valence-electron chi connectivity index (χ4n) is 3.25. The lowest BCUT2D eigenvalue weighted by Crippen LogP contribution is -2.18. The highest BCUT2D eigenvalue weighted by molar-refractivity contribution is 5.93. The number of hydrogen-bond donors (Lipinski definition) is 2. The van der Waals surface area contributed by atoms with E-state index in [4.69, 9.17) is 9.94 Å². The van der Waals surface area contributed by atoms with E-state index in [-0.39, 0.29) is 0 Å². The number of nitrogens with zero attached hydrogens (tertiary/aromatic N) is 1. The molecule has 0 radical (unpaired) electrons. The fraction of sp³-hybridized carbons (Fsp3) is 0.208. The molecule has 5 heteroatoms. The molecular formula is C24H26N2O3. The maximum atomic E-state index is 11.5. The second-order valence-corrected chi connectivity index (χ2v) is 7.18. The van der Waals surface area contributed by atoms with Crippen molar-refractivity contribution in [3.8, 4) is 5.75 Å². The number of hydroxylamine groups is 1. The first-order chi connectivity index (χ1) is 14.1. The van der Waals surface area contributed by atoms with Crippen molar-refractivity contribution in [1.82, 2.24) is 10.4 Å². The number of benzene rings is 3. The van der Waals surface area contributed by atoms with Crippen LogP contribution in [0.3, 0.4) is 0 Å². The molecular weight excluding hydrogens is 364 g/mol. The molecule has 3 aromatic carbocycles. The minimum absolute atomic E-state index is 0.415. The van der Waals surface area contributed by atoms with Crippen LogP contribution in [0, 0.1) is 0 Å². The summed E-state index contributed by atoms with van der Waals surface area (Å²) in [4.78, 5) is 13.6. The molecule has 3 rings (SSSR count). The average molecular weight is 390 g/mol. The first kappa shape index (κ1) is 20.6. The zero-order valence-corrected chi connectivity index (χ0v) is 16.8. The number of hydrogen-bond acceptors (Lipinski definition) is 4. The van der Waals surface area contributed by atoms with Crippen LogP contribution >= 0.6 is 0 Å². The van der Waals surface area contributed by atoms with E-state index in [2.05, 4.69) is 29.2 Å². The largest absolute Gasteiger partial charge is 0.493 e. The van der Waals surface area contributed by atoms with E-state index in [1.807, 2.05) is 50.5 Å². The van der Waals surface area contributed by atoms with Crippen LogP contribution in [-0.4, -0.2) is 43.3 Å². The van der Waals surface area contributed by atoms with Gasteiger partial charge in [0, 0.05) is 23.9 Å². The highest BCUT2D eigenvalue weighted by atomic mass is 16.5. The minimum atomic E-state index is -0.516. The summed E-state index contributed by atoms with van der Waals surface area (Å²) in [5, 5.41) is 11.0. The first-order valence-electron chi connectivity index (χ1n) is 9.56. The molecule has 0 saturated heterocycles. The molecule has 0 atom stereocenters. The van der Waals surface area contributed by atoms with Gasteiger partial charge in [0.05, 0.1) is 6.61 Å². The molecule has 0 aliphatic carbocycles. The number of amides is 1. The van der Waals surface area contributed by atoms with E-state index in [1.54, 1.807) is 17.6 Å². The van der Waals surface area contributed by atoms with Gasteiger partial charge in [0.25, 0.3) is 5.91 Å². The van der Waals surface area contributed by atoms with Crippen LogP contribution in [0.5, 0.6) is 5.75 Å². The molecule has 0 saturated carbocycles. The number of carbonyl (C=O) groups is 1. The van der Waals surface area contributed by atoms with Gasteiger partial charge < -0.3 is 9.64 Å². The molecule has 0 aliphatic rings. The van der Waals surface area contributed by atoms with Crippen LogP contribution in [0.2, 0.25) is 0 Å². The summed E-state index contributed by atoms with van der Waals surface area (Å²) in [7, 11) is 4.07. The quantitative estimate of drug-likeness (QED) is 0.443. The first-order valence-corrected chi connectivity index (χ1v) is 9.56. The lowest BCUT2D eigenvalue weighted by molar-refractivity contribution is 0.0706. The third-order valence-corrected chi connectivity index (χ3v) is 4.59. The van der Waals surface area contributed by atoms with Crippen molar-refractivity contribution in [1.29, 1.82) is 0 Å². The summed E-state index contributed by atoms with van der Waals surface area (Å²) in [5.41, 5.74) is 4.29. The van der Waals surface area contributed by atoms with Gasteiger partial charge in [-0.05, 0) is 43.2 Å². The predicted octanol–water partition coefficient (Wildman–Crippen LogP) is 4.37. The van der Waals surface area contributed by atoms with Gasteiger partial charge in [0.15, 0.2) is 0 Å². The standard InChI is InChI=1S/C24H26N2O3/c1-26(2)17-19(16-18-10-12-21(13-11-18)24(27)25-28)14-15-29-23-9-5-7-20-6-3-4-8-22(20)23/h3-13,16,28H,14-15,17H2,1-2H3,(H,25,27)/b19-16+. The molecule has 0 unspecified atom stereocenters. The van der Waals surface area contributed by atoms with Gasteiger partial charge in [0.1, 0.15) is 5.75 Å². The summed E-state index contributed by atoms with van der Waals surface area (Å²) < 4.78 is 6.09. The number of carbonyl (C=O) groups excluding carboxylic acids is 1. The number of ether oxygens (including phenoxy) is 1. The summed E-state index contributed by atoms with van der Waals surface area (Å²) in [6, 6.07) is 21.4. The molecule has 0 spiro atoms. The number of nitrogens with one attached hydrogen (secondary N) is 1. The SMILES string of the molecule is CN(C)C/C(=C/c1ccc(C(=O)NO)cc1)CCOc1cccc2ccccc12. The Hall–Kier alpha value is -3.15. The topological polar surface area (TPSA) is 61.8 Å². The van der Waals surface area contributed by atoms with Gasteiger partial charge in [-0.1, -0.05) is 60.2 Å². The smallest absolute Gasteiger partial charge is 0.274 e. The highest BCUT2D eigenvalue weighted by Gasteiger charge is 2.06. The Bertz CT molecular complexity index is 989. The van der Waals surface area contributed by atoms with Crippen LogP contribution in [0.15, 0.2) is 72.3 Å². The van der Waals surface area contributed by atoms with Crippen molar-refractivity contribution in [2.45, 2.75) is 6.42 Å². The van der Waals surface area contributed by atoms with Crippen molar-refractivity contribution in [2.75, 3.05) is 27.2 Å². The molecule has 0 aliphatic heterocycles. The second-order valence-electron chi connectivity index (χ2n) is 7.18. The van der Waals surface area contributed by atoms with Crippen LogP contribution in [0.25, 0.3) is 16.8 Å². The molecule has 29 heavy (non-hydrogen) atoms. The van der Waals surface area contributed by atoms with Gasteiger partial charge in [-0.2, -0.15) is 0 Å². The Morgan fingerprint density at radius 2 is 1.76 bits per heavy atom. The van der Waals surface area contributed by atoms with Gasteiger partial charge >= 0.3 is 0 Å². The van der Waals surface area contributed by atoms with E-state index >= 15 is 0 Å². The van der Waals surface area contributed by atoms with Gasteiger partial charge in [-0.3, -0.25) is 10.0 Å². The Morgan fingerprint density at radius 3 is 2.48 bits per heavy atom. The summed E-state index contributed by atoms with van der Waals surface area (Å²) in [6.45, 7) is 1.40. The third kappa shape index (κ3) is 5.67. The van der Waals surface area contributed by atoms with E-state index < -0.39 is 5.91 Å². The van der Waals surface area contributed by atoms with E-state index in [0.717, 1.165) is 29.7 Å². The van der Waals surface area contributed by atoms with Crippen LogP contribution < -0.4 is 10.2 Å². The van der Waals surface area contributed by atoms with E-state index in [1.165, 1.54) is 11.0 Å². The molecule has 0 aromatic heterocycles. The van der Waals surface area contributed by atoms with Crippen molar-refractivity contribution in [2.24, 2.45) is 0 Å². The Labute approximate surface area is 171 Å². The molecule has 2 N–H and O–H groups in total. The van der Waals surface area contributed by atoms with Gasteiger partial charge in [-0.15, -0.1) is 0 Å². The molecule has 0 heterocycles. The van der Waals surface area contributed by atoms with Crippen LogP contribution in [0.4, 0.5) is 0 Å². The Balaban J connectivity index is 1.70. The number of fused-ring (bicyclic) bond motifs is 1. The van der Waals surface area contributed by atoms with Crippen molar-refractivity contribution < 1.29 is 14.7 Å². The lowest BCUT2D eigenvalue weighted by Gasteiger charge is -2.15. The maximum absolute atomic E-state index is 11.5. The number of rotatable bonds is 8. The van der Waals surface area contributed by atoms with Crippen LogP contribution in [0.1, 0.15) is 22.3 Å². The summed E-state index contributed by atoms with van der Waals surface area (Å²) in [6.07, 6.45) is 2.91. The maximum Gasteiger partial charge on any atom is 0.274 e. The van der Waals surface area contributed by atoms with E-state index in [0.29, 0.717) is 12.2 Å². The van der Waals surface area contributed by atoms with Crippen molar-refractivity contribution in [3.63, 3.8) is 0 Å².